The predicted molar refractivity (Wildman–Crippen MR) is 95.9 cm³/mol. The van der Waals surface area contributed by atoms with Crippen LogP contribution in [0.4, 0.5) is 0 Å². The minimum absolute atomic E-state index is 0.134. The van der Waals surface area contributed by atoms with Crippen LogP contribution < -0.4 is 0 Å². The number of hydrogen-bond acceptors (Lipinski definition) is 2. The van der Waals surface area contributed by atoms with E-state index in [1.807, 2.05) is 0 Å². The first-order valence-electron chi connectivity index (χ1n) is 9.18. The highest BCUT2D eigenvalue weighted by molar-refractivity contribution is 5.89. The van der Waals surface area contributed by atoms with Crippen molar-refractivity contribution in [3.63, 3.8) is 0 Å². The Labute approximate surface area is 143 Å². The van der Waals surface area contributed by atoms with Crippen molar-refractivity contribution in [3.8, 4) is 0 Å². The van der Waals surface area contributed by atoms with Crippen molar-refractivity contribution < 1.29 is 9.90 Å². The Balaban J connectivity index is 1.53. The molecule has 1 heterocycles. The molecular weight excluding hydrogens is 298 g/mol. The number of aliphatic hydroxyl groups excluding tert-OH is 1. The summed E-state index contributed by atoms with van der Waals surface area (Å²) < 4.78 is 0. The highest BCUT2D eigenvalue weighted by atomic mass is 16.3. The molecule has 4 rings (SSSR count). The Morgan fingerprint density at radius 3 is 2.83 bits per heavy atom. The first kappa shape index (κ1) is 15.6. The number of fused-ring (bicyclic) bond motifs is 1. The van der Waals surface area contributed by atoms with Crippen molar-refractivity contribution in [2.24, 2.45) is 5.92 Å². The topological polar surface area (TPSA) is 40.5 Å². The molecule has 1 amide bonds. The summed E-state index contributed by atoms with van der Waals surface area (Å²) in [6.07, 6.45) is 5.00. The molecule has 3 atom stereocenters. The van der Waals surface area contributed by atoms with E-state index in [2.05, 4.69) is 47.4 Å². The van der Waals surface area contributed by atoms with Crippen molar-refractivity contribution in [2.45, 2.75) is 44.1 Å². The molecule has 3 heteroatoms. The fourth-order valence-electron chi connectivity index (χ4n) is 4.34. The van der Waals surface area contributed by atoms with Crippen molar-refractivity contribution in [2.75, 3.05) is 13.2 Å². The van der Waals surface area contributed by atoms with Crippen molar-refractivity contribution in [3.05, 3.63) is 48.0 Å². The van der Waals surface area contributed by atoms with E-state index < -0.39 is 0 Å². The predicted octanol–water partition coefficient (Wildman–Crippen LogP) is 3.71. The maximum absolute atomic E-state index is 13.0. The summed E-state index contributed by atoms with van der Waals surface area (Å²) in [5.41, 5.74) is 1.32. The summed E-state index contributed by atoms with van der Waals surface area (Å²) in [6.45, 7) is 1.04. The van der Waals surface area contributed by atoms with Gasteiger partial charge in [-0.2, -0.15) is 0 Å². The van der Waals surface area contributed by atoms with Crippen LogP contribution in [-0.4, -0.2) is 35.1 Å². The molecular formula is C21H25NO2. The van der Waals surface area contributed by atoms with Gasteiger partial charge in [0.15, 0.2) is 0 Å². The molecule has 0 spiro atoms. The average molecular weight is 323 g/mol. The number of carbonyl (C=O) groups excluding carboxylic acids is 1. The summed E-state index contributed by atoms with van der Waals surface area (Å²) in [7, 11) is 0. The zero-order chi connectivity index (χ0) is 16.5. The van der Waals surface area contributed by atoms with E-state index in [9.17, 15) is 9.90 Å². The van der Waals surface area contributed by atoms with Gasteiger partial charge in [0.05, 0.1) is 0 Å². The average Bonchev–Trinajstić information content (AvgIpc) is 3.42. The number of likely N-dealkylation sites (tertiary alicyclic amines) is 1. The van der Waals surface area contributed by atoms with Crippen molar-refractivity contribution >= 4 is 16.7 Å². The van der Waals surface area contributed by atoms with E-state index in [0.717, 1.165) is 32.2 Å². The number of benzene rings is 2. The molecule has 1 aliphatic carbocycles. The number of rotatable bonds is 4. The molecule has 3 unspecified atom stereocenters. The highest BCUT2D eigenvalue weighted by Gasteiger charge is 2.47. The molecule has 24 heavy (non-hydrogen) atoms. The largest absolute Gasteiger partial charge is 0.396 e. The van der Waals surface area contributed by atoms with E-state index in [1.165, 1.54) is 22.8 Å². The second kappa shape index (κ2) is 6.56. The third-order valence-corrected chi connectivity index (χ3v) is 5.70. The molecule has 2 fully saturated rings. The van der Waals surface area contributed by atoms with Crippen LogP contribution >= 0.6 is 0 Å². The Morgan fingerprint density at radius 2 is 1.96 bits per heavy atom. The molecule has 0 radical (unpaired) electrons. The van der Waals surface area contributed by atoms with Crippen LogP contribution in [0, 0.1) is 5.92 Å². The lowest BCUT2D eigenvalue weighted by Gasteiger charge is -2.36. The Morgan fingerprint density at radius 1 is 1.12 bits per heavy atom. The van der Waals surface area contributed by atoms with Crippen LogP contribution in [-0.2, 0) is 4.79 Å². The number of aliphatic hydroxyl groups is 1. The lowest BCUT2D eigenvalue weighted by molar-refractivity contribution is -0.136. The normalized spacial score (nSPS) is 26.5. The van der Waals surface area contributed by atoms with Crippen LogP contribution in [0.2, 0.25) is 0 Å². The molecule has 1 saturated carbocycles. The first-order valence-corrected chi connectivity index (χ1v) is 9.18. The third-order valence-electron chi connectivity index (χ3n) is 5.70. The number of amides is 1. The Kier molecular flexibility index (Phi) is 4.28. The van der Waals surface area contributed by atoms with Gasteiger partial charge in [0.1, 0.15) is 0 Å². The standard InChI is InChI=1S/C21H25NO2/c23-13-11-16-8-3-4-12-22(16)21(24)20-14-19(20)18-10-5-7-15-6-1-2-9-17(15)18/h1-2,5-7,9-10,16,19-20,23H,3-4,8,11-14H2. The molecule has 0 bridgehead atoms. The molecule has 3 nitrogen and oxygen atoms in total. The van der Waals surface area contributed by atoms with E-state index >= 15 is 0 Å². The van der Waals surface area contributed by atoms with Gasteiger partial charge in [-0.05, 0) is 54.4 Å². The first-order chi connectivity index (χ1) is 11.8. The molecule has 1 aliphatic heterocycles. The number of piperidine rings is 1. The second-order valence-electron chi connectivity index (χ2n) is 7.21. The monoisotopic (exact) mass is 323 g/mol. The van der Waals surface area contributed by atoms with Gasteiger partial charge in [0, 0.05) is 25.1 Å². The summed E-state index contributed by atoms with van der Waals surface area (Å²) in [5, 5.41) is 11.8. The summed E-state index contributed by atoms with van der Waals surface area (Å²) in [5.74, 6) is 0.807. The summed E-state index contributed by atoms with van der Waals surface area (Å²) in [4.78, 5) is 15.1. The maximum Gasteiger partial charge on any atom is 0.226 e. The zero-order valence-electron chi connectivity index (χ0n) is 14.0. The SMILES string of the molecule is O=C(C1CC1c1cccc2ccccc12)N1CCCCC1CCO. The smallest absolute Gasteiger partial charge is 0.226 e. The lowest BCUT2D eigenvalue weighted by atomic mass is 9.97. The highest BCUT2D eigenvalue weighted by Crippen LogP contribution is 2.50. The molecule has 126 valence electrons. The minimum Gasteiger partial charge on any atom is -0.396 e. The van der Waals surface area contributed by atoms with E-state index in [4.69, 9.17) is 0 Å². The van der Waals surface area contributed by atoms with Crippen LogP contribution in [0.5, 0.6) is 0 Å². The van der Waals surface area contributed by atoms with Crippen LogP contribution in [0.25, 0.3) is 10.8 Å². The quantitative estimate of drug-likeness (QED) is 0.932. The van der Waals surface area contributed by atoms with Crippen LogP contribution in [0.3, 0.4) is 0 Å². The van der Waals surface area contributed by atoms with Crippen LogP contribution in [0.1, 0.15) is 43.6 Å². The van der Waals surface area contributed by atoms with Gasteiger partial charge in [-0.15, -0.1) is 0 Å². The fraction of sp³-hybridized carbons (Fsp3) is 0.476. The van der Waals surface area contributed by atoms with Gasteiger partial charge >= 0.3 is 0 Å². The molecule has 0 aromatic heterocycles. The van der Waals surface area contributed by atoms with Gasteiger partial charge in [0.2, 0.25) is 5.91 Å². The Bertz CT molecular complexity index is 734. The molecule has 2 aromatic carbocycles. The van der Waals surface area contributed by atoms with Crippen molar-refractivity contribution in [1.82, 2.24) is 4.90 Å². The van der Waals surface area contributed by atoms with Gasteiger partial charge < -0.3 is 10.0 Å². The number of hydrogen-bond donors (Lipinski definition) is 1. The van der Waals surface area contributed by atoms with E-state index in [0.29, 0.717) is 11.8 Å². The van der Waals surface area contributed by atoms with Gasteiger partial charge in [0.25, 0.3) is 0 Å². The second-order valence-corrected chi connectivity index (χ2v) is 7.21. The molecule has 1 saturated heterocycles. The zero-order valence-corrected chi connectivity index (χ0v) is 14.0. The van der Waals surface area contributed by atoms with E-state index in [1.54, 1.807) is 0 Å². The van der Waals surface area contributed by atoms with Gasteiger partial charge in [-0.25, -0.2) is 0 Å². The van der Waals surface area contributed by atoms with E-state index in [-0.39, 0.29) is 18.6 Å². The third kappa shape index (κ3) is 2.82. The molecule has 1 N–H and O–H groups in total. The molecule has 2 aliphatic rings. The van der Waals surface area contributed by atoms with Crippen LogP contribution in [0.15, 0.2) is 42.5 Å². The maximum atomic E-state index is 13.0. The molecule has 2 aromatic rings. The fourth-order valence-corrected chi connectivity index (χ4v) is 4.34. The minimum atomic E-state index is 0.134. The summed E-state index contributed by atoms with van der Waals surface area (Å²) in [6, 6.07) is 15.1. The Hall–Kier alpha value is -1.87. The van der Waals surface area contributed by atoms with Gasteiger partial charge in [-0.1, -0.05) is 42.5 Å². The lowest BCUT2D eigenvalue weighted by Crippen LogP contribution is -2.45. The van der Waals surface area contributed by atoms with Gasteiger partial charge in [-0.3, -0.25) is 4.79 Å². The van der Waals surface area contributed by atoms with Crippen molar-refractivity contribution in [1.29, 1.82) is 0 Å². The summed E-state index contributed by atoms with van der Waals surface area (Å²) >= 11 is 0. The number of carbonyl (C=O) groups is 1. The number of nitrogens with zero attached hydrogens (tertiary/aromatic N) is 1.